The van der Waals surface area contributed by atoms with Crippen LogP contribution in [0.5, 0.6) is 0 Å². The van der Waals surface area contributed by atoms with Gasteiger partial charge in [0.15, 0.2) is 0 Å². The van der Waals surface area contributed by atoms with Gasteiger partial charge in [0.1, 0.15) is 0 Å². The lowest BCUT2D eigenvalue weighted by atomic mass is 9.82. The summed E-state index contributed by atoms with van der Waals surface area (Å²) in [6, 6.07) is 42.2. The average molecular weight is 625 g/mol. The first-order chi connectivity index (χ1) is 23.6. The van der Waals surface area contributed by atoms with E-state index in [-0.39, 0.29) is 0 Å². The van der Waals surface area contributed by atoms with Gasteiger partial charge >= 0.3 is 0 Å². The van der Waals surface area contributed by atoms with Crippen molar-refractivity contribution in [3.05, 3.63) is 143 Å². The van der Waals surface area contributed by atoms with E-state index in [0.717, 1.165) is 38.5 Å². The molecule has 0 bridgehead atoms. The zero-order valence-electron chi connectivity index (χ0n) is 29.6. The lowest BCUT2D eigenvalue weighted by molar-refractivity contribution is 1.09. The Hall–Kier alpha value is -4.68. The molecule has 240 valence electrons. The number of benzene rings is 7. The highest BCUT2D eigenvalue weighted by atomic mass is 14.2. The highest BCUT2D eigenvalue weighted by molar-refractivity contribution is 6.24. The first-order valence-electron chi connectivity index (χ1n) is 18.3. The average Bonchev–Trinajstić information content (AvgIpc) is 3.15. The van der Waals surface area contributed by atoms with Crippen molar-refractivity contribution in [2.24, 2.45) is 0 Å². The van der Waals surface area contributed by atoms with Gasteiger partial charge in [-0.1, -0.05) is 133 Å². The Balaban J connectivity index is 1.68. The minimum atomic E-state index is 1.01. The standard InChI is InChI=1S/C48H48/c1-7-31-18-15-19-32(8-2)46(31)37-26-27-40-41(28-37)45(48-35(11-5)22-17-23-36(48)12-6)30-42-38-24-13-14-25-39(38)44(29-43(40)42)47-33(9-3)20-16-21-34(47)10-4/h13-30H,7-12H2,1-6H3. The monoisotopic (exact) mass is 624 g/mol. The van der Waals surface area contributed by atoms with Gasteiger partial charge in [0.05, 0.1) is 0 Å². The predicted octanol–water partition coefficient (Wildman–Crippen LogP) is 13.5. The molecule has 0 spiro atoms. The summed E-state index contributed by atoms with van der Waals surface area (Å²) in [5, 5.41) is 8.05. The quantitative estimate of drug-likeness (QED) is 0.140. The second-order valence-corrected chi connectivity index (χ2v) is 13.2. The molecule has 7 aromatic carbocycles. The maximum absolute atomic E-state index is 2.54. The van der Waals surface area contributed by atoms with Crippen LogP contribution in [-0.2, 0) is 38.5 Å². The third-order valence-electron chi connectivity index (χ3n) is 10.8. The van der Waals surface area contributed by atoms with Crippen LogP contribution in [-0.4, -0.2) is 0 Å². The van der Waals surface area contributed by atoms with E-state index in [0.29, 0.717) is 0 Å². The molecule has 0 fully saturated rings. The third kappa shape index (κ3) is 5.23. The van der Waals surface area contributed by atoms with Crippen LogP contribution in [0.15, 0.2) is 109 Å². The van der Waals surface area contributed by atoms with Gasteiger partial charge in [-0.25, -0.2) is 0 Å². The molecule has 0 atom stereocenters. The van der Waals surface area contributed by atoms with Crippen molar-refractivity contribution in [2.45, 2.75) is 80.1 Å². The van der Waals surface area contributed by atoms with E-state index in [1.807, 2.05) is 0 Å². The van der Waals surface area contributed by atoms with Crippen molar-refractivity contribution < 1.29 is 0 Å². The van der Waals surface area contributed by atoms with E-state index in [2.05, 4.69) is 151 Å². The molecule has 48 heavy (non-hydrogen) atoms. The molecule has 0 saturated carbocycles. The van der Waals surface area contributed by atoms with Crippen LogP contribution in [0, 0.1) is 0 Å². The van der Waals surface area contributed by atoms with Crippen LogP contribution in [0.4, 0.5) is 0 Å². The Morgan fingerprint density at radius 1 is 0.292 bits per heavy atom. The van der Waals surface area contributed by atoms with Crippen LogP contribution in [0.25, 0.3) is 65.7 Å². The summed E-state index contributed by atoms with van der Waals surface area (Å²) < 4.78 is 0. The fourth-order valence-electron chi connectivity index (χ4n) is 8.36. The van der Waals surface area contributed by atoms with Crippen LogP contribution in [0.2, 0.25) is 0 Å². The molecular formula is C48H48. The topological polar surface area (TPSA) is 0 Å². The van der Waals surface area contributed by atoms with Crippen molar-refractivity contribution >= 4 is 32.3 Å². The number of rotatable bonds is 9. The Labute approximate surface area is 287 Å². The summed E-state index contributed by atoms with van der Waals surface area (Å²) in [6.07, 6.45) is 6.10. The fraction of sp³-hybridized carbons (Fsp3) is 0.250. The van der Waals surface area contributed by atoms with Crippen LogP contribution >= 0.6 is 0 Å². The van der Waals surface area contributed by atoms with Crippen molar-refractivity contribution in [3.63, 3.8) is 0 Å². The SMILES string of the molecule is CCc1cccc(CC)c1-c1ccc2c(c1)c(-c1c(CC)cccc1CC)cc1c3ccccc3c(-c3c(CC)cccc3CC)cc21. The smallest absolute Gasteiger partial charge is 0.00923 e. The molecule has 0 aliphatic carbocycles. The lowest BCUT2D eigenvalue weighted by Gasteiger charge is -2.22. The lowest BCUT2D eigenvalue weighted by Crippen LogP contribution is -1.98. The van der Waals surface area contributed by atoms with E-state index in [1.54, 1.807) is 0 Å². The summed E-state index contributed by atoms with van der Waals surface area (Å²) in [4.78, 5) is 0. The number of hydrogen-bond acceptors (Lipinski definition) is 0. The van der Waals surface area contributed by atoms with Gasteiger partial charge in [-0.05, 0) is 156 Å². The van der Waals surface area contributed by atoms with Crippen molar-refractivity contribution in [2.75, 3.05) is 0 Å². The maximum Gasteiger partial charge on any atom is -0.00923 e. The van der Waals surface area contributed by atoms with Gasteiger partial charge < -0.3 is 0 Å². The predicted molar refractivity (Wildman–Crippen MR) is 212 cm³/mol. The molecule has 0 saturated heterocycles. The molecule has 7 rings (SSSR count). The zero-order valence-corrected chi connectivity index (χ0v) is 29.6. The van der Waals surface area contributed by atoms with Gasteiger partial charge in [0.2, 0.25) is 0 Å². The summed E-state index contributed by atoms with van der Waals surface area (Å²) in [5.41, 5.74) is 16.9. The molecule has 0 aliphatic heterocycles. The summed E-state index contributed by atoms with van der Waals surface area (Å²) in [7, 11) is 0. The van der Waals surface area contributed by atoms with Gasteiger partial charge in [0, 0.05) is 0 Å². The van der Waals surface area contributed by atoms with E-state index >= 15 is 0 Å². The van der Waals surface area contributed by atoms with Crippen molar-refractivity contribution in [3.8, 4) is 33.4 Å². The molecule has 0 heteroatoms. The first kappa shape index (κ1) is 31.9. The number of fused-ring (bicyclic) bond motifs is 5. The highest BCUT2D eigenvalue weighted by Gasteiger charge is 2.20. The van der Waals surface area contributed by atoms with Crippen LogP contribution in [0.1, 0.15) is 74.9 Å². The molecule has 0 heterocycles. The van der Waals surface area contributed by atoms with E-state index in [9.17, 15) is 0 Å². The summed E-state index contributed by atoms with van der Waals surface area (Å²) >= 11 is 0. The van der Waals surface area contributed by atoms with Crippen molar-refractivity contribution in [1.29, 1.82) is 0 Å². The molecule has 0 aromatic heterocycles. The summed E-state index contributed by atoms with van der Waals surface area (Å²) in [6.45, 7) is 13.8. The largest absolute Gasteiger partial charge is 0.0617 e. The number of aryl methyl sites for hydroxylation is 6. The minimum Gasteiger partial charge on any atom is -0.0617 e. The van der Waals surface area contributed by atoms with E-state index < -0.39 is 0 Å². The first-order valence-corrected chi connectivity index (χ1v) is 18.3. The second kappa shape index (κ2) is 13.4. The van der Waals surface area contributed by atoms with Gasteiger partial charge in [0.25, 0.3) is 0 Å². The molecule has 0 unspecified atom stereocenters. The molecular weight excluding hydrogens is 577 g/mol. The third-order valence-corrected chi connectivity index (χ3v) is 10.8. The van der Waals surface area contributed by atoms with Gasteiger partial charge in [-0.15, -0.1) is 0 Å². The highest BCUT2D eigenvalue weighted by Crippen LogP contribution is 2.46. The molecule has 0 radical (unpaired) electrons. The van der Waals surface area contributed by atoms with Crippen molar-refractivity contribution in [1.82, 2.24) is 0 Å². The fourth-order valence-corrected chi connectivity index (χ4v) is 8.36. The Bertz CT molecular complexity index is 2230. The Kier molecular flexibility index (Phi) is 8.93. The van der Waals surface area contributed by atoms with Gasteiger partial charge in [-0.2, -0.15) is 0 Å². The van der Waals surface area contributed by atoms with Gasteiger partial charge in [-0.3, -0.25) is 0 Å². The van der Waals surface area contributed by atoms with E-state index in [4.69, 9.17) is 0 Å². The Morgan fingerprint density at radius 3 is 1.10 bits per heavy atom. The molecule has 7 aromatic rings. The second-order valence-electron chi connectivity index (χ2n) is 13.2. The zero-order chi connectivity index (χ0) is 33.4. The molecule has 0 nitrogen and oxygen atoms in total. The molecule has 0 N–H and O–H groups in total. The Morgan fingerprint density at radius 2 is 0.667 bits per heavy atom. The number of hydrogen-bond donors (Lipinski definition) is 0. The molecule has 0 aliphatic rings. The maximum atomic E-state index is 2.54. The van der Waals surface area contributed by atoms with Crippen LogP contribution < -0.4 is 0 Å². The van der Waals surface area contributed by atoms with Crippen LogP contribution in [0.3, 0.4) is 0 Å². The van der Waals surface area contributed by atoms with E-state index in [1.165, 1.54) is 99.1 Å². The molecule has 0 amide bonds. The minimum absolute atomic E-state index is 1.01. The normalized spacial score (nSPS) is 11.6. The summed E-state index contributed by atoms with van der Waals surface area (Å²) in [5.74, 6) is 0.